The zero-order chi connectivity index (χ0) is 19.7. The summed E-state index contributed by atoms with van der Waals surface area (Å²) in [5.74, 6) is 0.520. The second-order valence-corrected chi connectivity index (χ2v) is 7.59. The molecule has 28 heavy (non-hydrogen) atoms. The molecule has 1 aliphatic heterocycles. The Morgan fingerprint density at radius 1 is 1.46 bits per heavy atom. The molecule has 0 spiro atoms. The van der Waals surface area contributed by atoms with Crippen molar-refractivity contribution < 1.29 is 9.53 Å². The molecule has 1 fully saturated rings. The molecule has 0 N–H and O–H groups in total. The van der Waals surface area contributed by atoms with E-state index in [4.69, 9.17) is 4.74 Å². The van der Waals surface area contributed by atoms with Crippen LogP contribution in [0.1, 0.15) is 24.4 Å². The largest absolute Gasteiger partial charge is 0.368 e. The number of morpholine rings is 1. The van der Waals surface area contributed by atoms with Crippen LogP contribution in [0.3, 0.4) is 0 Å². The van der Waals surface area contributed by atoms with Gasteiger partial charge < -0.3 is 9.64 Å². The van der Waals surface area contributed by atoms with Crippen molar-refractivity contribution in [2.75, 3.05) is 19.7 Å². The first-order valence-corrected chi connectivity index (χ1v) is 9.93. The maximum absolute atomic E-state index is 13.1. The summed E-state index contributed by atoms with van der Waals surface area (Å²) < 4.78 is 8.59. The Hall–Kier alpha value is -2.84. The molecule has 144 valence electrons. The van der Waals surface area contributed by atoms with Crippen molar-refractivity contribution >= 4 is 35.7 Å². The number of hydrogen-bond acceptors (Lipinski definition) is 6. The van der Waals surface area contributed by atoms with Crippen LogP contribution >= 0.6 is 11.3 Å². The summed E-state index contributed by atoms with van der Waals surface area (Å²) in [7, 11) is 0. The predicted octanol–water partition coefficient (Wildman–Crippen LogP) is 1.23. The highest BCUT2D eigenvalue weighted by atomic mass is 32.1. The van der Waals surface area contributed by atoms with Crippen LogP contribution in [0.4, 0.5) is 0 Å². The highest BCUT2D eigenvalue weighted by Gasteiger charge is 2.28. The molecule has 4 rings (SSSR count). The summed E-state index contributed by atoms with van der Waals surface area (Å²) in [4.78, 5) is 23.5. The van der Waals surface area contributed by atoms with E-state index in [1.54, 1.807) is 15.9 Å². The van der Waals surface area contributed by atoms with Gasteiger partial charge in [0.05, 0.1) is 18.8 Å². The van der Waals surface area contributed by atoms with E-state index in [2.05, 4.69) is 21.6 Å². The van der Waals surface area contributed by atoms with Crippen LogP contribution in [0.15, 0.2) is 35.5 Å². The van der Waals surface area contributed by atoms with Crippen molar-refractivity contribution in [3.63, 3.8) is 0 Å². The first-order chi connectivity index (χ1) is 13.6. The molecule has 1 aliphatic rings. The normalized spacial score (nSPS) is 18.8. The van der Waals surface area contributed by atoms with Crippen molar-refractivity contribution in [1.82, 2.24) is 24.5 Å². The molecule has 3 aromatic rings. The zero-order valence-electron chi connectivity index (χ0n) is 15.8. The second kappa shape index (κ2) is 7.65. The summed E-state index contributed by atoms with van der Waals surface area (Å²) in [6.45, 7) is 9.26. The van der Waals surface area contributed by atoms with Crippen molar-refractivity contribution in [3.05, 3.63) is 56.6 Å². The predicted molar refractivity (Wildman–Crippen MR) is 108 cm³/mol. The third-order valence-corrected chi connectivity index (χ3v) is 5.53. The minimum Gasteiger partial charge on any atom is -0.368 e. The van der Waals surface area contributed by atoms with E-state index in [0.717, 1.165) is 21.1 Å². The van der Waals surface area contributed by atoms with Gasteiger partial charge in [-0.05, 0) is 42.7 Å². The van der Waals surface area contributed by atoms with Crippen molar-refractivity contribution in [2.45, 2.75) is 20.0 Å². The van der Waals surface area contributed by atoms with Gasteiger partial charge in [0.25, 0.3) is 11.7 Å². The molecule has 8 heteroatoms. The summed E-state index contributed by atoms with van der Waals surface area (Å²) in [5, 5.41) is 7.21. The minimum atomic E-state index is -0.286. The smallest absolute Gasteiger partial charge is 0.253 e. The van der Waals surface area contributed by atoms with Crippen molar-refractivity contribution in [1.29, 1.82) is 0 Å². The first kappa shape index (κ1) is 18.5. The molecule has 1 saturated heterocycles. The number of nitrogens with zero attached hydrogens (tertiary/aromatic N) is 5. The van der Waals surface area contributed by atoms with Gasteiger partial charge in [-0.3, -0.25) is 4.79 Å². The third-order valence-electron chi connectivity index (χ3n) is 4.74. The van der Waals surface area contributed by atoms with Crippen LogP contribution in [0.25, 0.3) is 18.4 Å². The fourth-order valence-corrected chi connectivity index (χ4v) is 3.94. The highest BCUT2D eigenvalue weighted by molar-refractivity contribution is 7.07. The Kier molecular flexibility index (Phi) is 5.06. The number of fused-ring (bicyclic) bond motifs is 1. The van der Waals surface area contributed by atoms with Gasteiger partial charge in [-0.25, -0.2) is 4.98 Å². The monoisotopic (exact) mass is 395 g/mol. The molecule has 0 bridgehead atoms. The van der Waals surface area contributed by atoms with E-state index in [1.165, 1.54) is 6.33 Å². The topological polar surface area (TPSA) is 72.6 Å². The van der Waals surface area contributed by atoms with E-state index < -0.39 is 0 Å². The Labute approximate surface area is 166 Å². The lowest BCUT2D eigenvalue weighted by Gasteiger charge is -2.33. The van der Waals surface area contributed by atoms with E-state index in [-0.39, 0.29) is 12.0 Å². The number of ether oxygens (including phenoxy) is 1. The number of thiophene rings is 1. The van der Waals surface area contributed by atoms with Gasteiger partial charge >= 0.3 is 0 Å². The molecule has 0 saturated carbocycles. The summed E-state index contributed by atoms with van der Waals surface area (Å²) in [6, 6.07) is 3.91. The second-order valence-electron chi connectivity index (χ2n) is 6.59. The quantitative estimate of drug-likeness (QED) is 0.624. The molecule has 0 radical (unpaired) electrons. The number of aromatic nitrogens is 4. The standard InChI is InChI=1S/C20H21N5O2S/c1-4-15(10-16-5-8-28-14(16)3)19(26)24-6-7-27-18(11-24)17-9-13(2)23-20-21-12-22-25(17)20/h4-5,8-10,12,18H,3,6-7,11H2,1-2H3/b15-4+,16-10-. The maximum Gasteiger partial charge on any atom is 0.253 e. The maximum atomic E-state index is 13.1. The molecule has 0 aliphatic carbocycles. The van der Waals surface area contributed by atoms with Crippen molar-refractivity contribution in [2.24, 2.45) is 0 Å². The molecular weight excluding hydrogens is 374 g/mol. The molecule has 0 aromatic carbocycles. The average molecular weight is 395 g/mol. The third kappa shape index (κ3) is 3.48. The lowest BCUT2D eigenvalue weighted by Crippen LogP contribution is -2.43. The van der Waals surface area contributed by atoms with Gasteiger partial charge in [-0.1, -0.05) is 12.7 Å². The first-order valence-electron chi connectivity index (χ1n) is 9.05. The zero-order valence-corrected chi connectivity index (χ0v) is 16.6. The number of carbonyl (C=O) groups excluding carboxylic acids is 1. The highest BCUT2D eigenvalue weighted by Crippen LogP contribution is 2.24. The van der Waals surface area contributed by atoms with Crippen LogP contribution < -0.4 is 9.75 Å². The number of carbonyl (C=O) groups is 1. The molecular formula is C20H21N5O2S. The Morgan fingerprint density at radius 3 is 3.07 bits per heavy atom. The SMILES string of the molecule is C=c1scc/c1=C/C(=C\C)C(=O)N1CCOC(c2cc(C)nc3ncnn23)C1. The summed E-state index contributed by atoms with van der Waals surface area (Å²) in [6.07, 6.45) is 4.93. The fraction of sp³-hybridized carbons (Fsp3) is 0.300. The van der Waals surface area contributed by atoms with Crippen LogP contribution in [-0.2, 0) is 9.53 Å². The number of aryl methyl sites for hydroxylation is 1. The molecule has 3 aromatic heterocycles. The Morgan fingerprint density at radius 2 is 2.32 bits per heavy atom. The Balaban J connectivity index is 1.61. The summed E-state index contributed by atoms with van der Waals surface area (Å²) in [5.41, 5.74) is 2.34. The van der Waals surface area contributed by atoms with Gasteiger partial charge in [0.15, 0.2) is 0 Å². The molecule has 1 atom stereocenters. The molecule has 1 amide bonds. The van der Waals surface area contributed by atoms with E-state index in [0.29, 0.717) is 31.0 Å². The molecule has 1 unspecified atom stereocenters. The van der Waals surface area contributed by atoms with Crippen LogP contribution in [0.2, 0.25) is 0 Å². The lowest BCUT2D eigenvalue weighted by molar-refractivity contribution is -0.134. The average Bonchev–Trinajstić information content (AvgIpc) is 3.33. The van der Waals surface area contributed by atoms with Gasteiger partial charge in [0.1, 0.15) is 12.4 Å². The van der Waals surface area contributed by atoms with E-state index >= 15 is 0 Å². The van der Waals surface area contributed by atoms with E-state index in [9.17, 15) is 4.79 Å². The van der Waals surface area contributed by atoms with E-state index in [1.807, 2.05) is 48.4 Å². The van der Waals surface area contributed by atoms with Gasteiger partial charge in [0, 0.05) is 22.3 Å². The lowest BCUT2D eigenvalue weighted by atomic mass is 10.1. The number of amides is 1. The van der Waals surface area contributed by atoms with Crippen molar-refractivity contribution in [3.8, 4) is 0 Å². The summed E-state index contributed by atoms with van der Waals surface area (Å²) >= 11 is 1.57. The number of hydrogen-bond donors (Lipinski definition) is 0. The number of rotatable bonds is 3. The number of allylic oxidation sites excluding steroid dienone is 1. The molecule has 4 heterocycles. The van der Waals surface area contributed by atoms with Gasteiger partial charge in [-0.2, -0.15) is 14.6 Å². The fourth-order valence-electron chi connectivity index (χ4n) is 3.30. The van der Waals surface area contributed by atoms with Gasteiger partial charge in [0.2, 0.25) is 0 Å². The van der Waals surface area contributed by atoms with Gasteiger partial charge in [-0.15, -0.1) is 11.3 Å². The van der Waals surface area contributed by atoms with Crippen LogP contribution in [-0.4, -0.2) is 50.1 Å². The Bertz CT molecular complexity index is 1160. The van der Waals surface area contributed by atoms with Crippen LogP contribution in [0.5, 0.6) is 0 Å². The minimum absolute atomic E-state index is 0.0120. The molecule has 7 nitrogen and oxygen atoms in total. The van der Waals surface area contributed by atoms with Crippen LogP contribution in [0, 0.1) is 6.92 Å².